The number of hydrogen-bond acceptors (Lipinski definition) is 2. The zero-order valence-electron chi connectivity index (χ0n) is 12.3. The average molecular weight is 259 g/mol. The molecule has 0 N–H and O–H groups in total. The highest BCUT2D eigenvalue weighted by Gasteiger charge is 2.16. The molecule has 0 unspecified atom stereocenters. The van der Waals surface area contributed by atoms with Crippen molar-refractivity contribution in [1.82, 2.24) is 14.1 Å². The molecular weight excluding hydrogens is 238 g/mol. The first kappa shape index (κ1) is 13.6. The van der Waals surface area contributed by atoms with Crippen molar-refractivity contribution in [3.8, 4) is 0 Å². The quantitative estimate of drug-likeness (QED) is 0.792. The number of nitrogens with zero attached hydrogens (tertiary/aromatic N) is 3. The Morgan fingerprint density at radius 2 is 1.89 bits per heavy atom. The number of hydrogen-bond donors (Lipinski definition) is 0. The van der Waals surface area contributed by atoms with Gasteiger partial charge in [-0.15, -0.1) is 0 Å². The Kier molecular flexibility index (Phi) is 3.60. The van der Waals surface area contributed by atoms with Crippen molar-refractivity contribution >= 4 is 5.78 Å². The van der Waals surface area contributed by atoms with Crippen molar-refractivity contribution in [1.29, 1.82) is 0 Å². The molecule has 0 aromatic carbocycles. The molecule has 2 aromatic heterocycles. The molecule has 2 aromatic rings. The van der Waals surface area contributed by atoms with Gasteiger partial charge in [-0.2, -0.15) is 0 Å². The minimum Gasteiger partial charge on any atom is -0.349 e. The van der Waals surface area contributed by atoms with Gasteiger partial charge in [0.2, 0.25) is 0 Å². The van der Waals surface area contributed by atoms with E-state index < -0.39 is 0 Å². The second-order valence-electron chi connectivity index (χ2n) is 5.00. The molecule has 0 saturated carbocycles. The van der Waals surface area contributed by atoms with Crippen molar-refractivity contribution in [2.45, 2.75) is 47.7 Å². The number of carbonyl (C=O) groups excluding carboxylic acids is 1. The van der Waals surface area contributed by atoms with E-state index >= 15 is 0 Å². The van der Waals surface area contributed by atoms with Crippen LogP contribution in [0.4, 0.5) is 0 Å². The van der Waals surface area contributed by atoms with Crippen LogP contribution in [-0.4, -0.2) is 19.9 Å². The highest BCUT2D eigenvalue weighted by atomic mass is 16.1. The summed E-state index contributed by atoms with van der Waals surface area (Å²) in [6.07, 6.45) is 1.74. The summed E-state index contributed by atoms with van der Waals surface area (Å²) >= 11 is 0. The second-order valence-corrected chi connectivity index (χ2v) is 5.00. The van der Waals surface area contributed by atoms with E-state index in [9.17, 15) is 4.79 Å². The molecular formula is C15H21N3O. The summed E-state index contributed by atoms with van der Waals surface area (Å²) in [5, 5.41) is 0. The molecule has 2 rings (SSSR count). The number of ketones is 1. The molecule has 0 saturated heterocycles. The molecule has 0 aliphatic carbocycles. The van der Waals surface area contributed by atoms with Crippen LogP contribution in [0.3, 0.4) is 0 Å². The van der Waals surface area contributed by atoms with Gasteiger partial charge in [-0.25, -0.2) is 4.98 Å². The lowest BCUT2D eigenvalue weighted by Gasteiger charge is -2.07. The summed E-state index contributed by atoms with van der Waals surface area (Å²) in [6.45, 7) is 11.4. The minimum atomic E-state index is 0.147. The second kappa shape index (κ2) is 5.03. The van der Waals surface area contributed by atoms with Crippen LogP contribution >= 0.6 is 0 Å². The van der Waals surface area contributed by atoms with Gasteiger partial charge in [0.05, 0.1) is 18.6 Å². The van der Waals surface area contributed by atoms with Gasteiger partial charge in [0.1, 0.15) is 0 Å². The van der Waals surface area contributed by atoms with E-state index in [-0.39, 0.29) is 5.78 Å². The topological polar surface area (TPSA) is 39.8 Å². The Bertz CT molecular complexity index is 620. The van der Waals surface area contributed by atoms with Gasteiger partial charge in [0.15, 0.2) is 5.78 Å². The Balaban J connectivity index is 2.28. The van der Waals surface area contributed by atoms with E-state index in [2.05, 4.69) is 16.5 Å². The van der Waals surface area contributed by atoms with Crippen LogP contribution in [-0.2, 0) is 13.1 Å². The fourth-order valence-corrected chi connectivity index (χ4v) is 2.51. The maximum Gasteiger partial charge on any atom is 0.184 e. The Morgan fingerprint density at radius 3 is 2.37 bits per heavy atom. The number of Topliss-reactive ketones (excluding diaryl/α,β-unsaturated/α-hetero) is 1. The number of imidazole rings is 1. The third kappa shape index (κ3) is 2.35. The monoisotopic (exact) mass is 259 g/mol. The smallest absolute Gasteiger partial charge is 0.184 e. The molecule has 2 heterocycles. The lowest BCUT2D eigenvalue weighted by molar-refractivity contribution is 0.0970. The molecule has 4 nitrogen and oxygen atoms in total. The number of carbonyl (C=O) groups is 1. The van der Waals surface area contributed by atoms with Crippen molar-refractivity contribution in [3.63, 3.8) is 0 Å². The first-order chi connectivity index (χ1) is 8.95. The fourth-order valence-electron chi connectivity index (χ4n) is 2.51. The van der Waals surface area contributed by atoms with Crippen LogP contribution < -0.4 is 0 Å². The van der Waals surface area contributed by atoms with Gasteiger partial charge in [0.25, 0.3) is 0 Å². The van der Waals surface area contributed by atoms with Gasteiger partial charge in [-0.05, 0) is 40.7 Å². The Morgan fingerprint density at radius 1 is 1.21 bits per heavy atom. The predicted molar refractivity (Wildman–Crippen MR) is 75.6 cm³/mol. The molecule has 0 aliphatic heterocycles. The van der Waals surface area contributed by atoms with Gasteiger partial charge in [0, 0.05) is 29.2 Å². The molecule has 102 valence electrons. The summed E-state index contributed by atoms with van der Waals surface area (Å²) in [4.78, 5) is 16.6. The van der Waals surface area contributed by atoms with Crippen LogP contribution in [0, 0.1) is 27.7 Å². The molecule has 0 aliphatic rings. The standard InChI is InChI=1S/C15H21N3O/c1-6-18-10(2)7-14(13(18)5)15(19)8-17-9-16-11(3)12(17)4/h7,9H,6,8H2,1-5H3. The Hall–Kier alpha value is -1.84. The molecule has 0 bridgehead atoms. The zero-order valence-corrected chi connectivity index (χ0v) is 12.3. The summed E-state index contributed by atoms with van der Waals surface area (Å²) in [5.41, 5.74) is 5.05. The van der Waals surface area contributed by atoms with Gasteiger partial charge >= 0.3 is 0 Å². The summed E-state index contributed by atoms with van der Waals surface area (Å²) in [5.74, 6) is 0.147. The third-order valence-electron chi connectivity index (χ3n) is 3.85. The molecule has 0 radical (unpaired) electrons. The van der Waals surface area contributed by atoms with Crippen molar-refractivity contribution in [2.75, 3.05) is 0 Å². The maximum absolute atomic E-state index is 12.4. The highest BCUT2D eigenvalue weighted by Crippen LogP contribution is 2.17. The first-order valence-electron chi connectivity index (χ1n) is 6.64. The van der Waals surface area contributed by atoms with E-state index in [4.69, 9.17) is 0 Å². The maximum atomic E-state index is 12.4. The van der Waals surface area contributed by atoms with Crippen molar-refractivity contribution in [3.05, 3.63) is 40.7 Å². The van der Waals surface area contributed by atoms with Crippen molar-refractivity contribution in [2.24, 2.45) is 0 Å². The van der Waals surface area contributed by atoms with Crippen LogP contribution in [0.25, 0.3) is 0 Å². The summed E-state index contributed by atoms with van der Waals surface area (Å²) in [6, 6.07) is 1.99. The molecule has 19 heavy (non-hydrogen) atoms. The summed E-state index contributed by atoms with van der Waals surface area (Å²) in [7, 11) is 0. The third-order valence-corrected chi connectivity index (χ3v) is 3.85. The van der Waals surface area contributed by atoms with E-state index in [0.717, 1.165) is 34.9 Å². The van der Waals surface area contributed by atoms with Gasteiger partial charge < -0.3 is 9.13 Å². The minimum absolute atomic E-state index is 0.147. The van der Waals surface area contributed by atoms with E-state index in [1.54, 1.807) is 6.33 Å². The SMILES string of the molecule is CCn1c(C)cc(C(=O)Cn2cnc(C)c2C)c1C. The molecule has 0 amide bonds. The summed E-state index contributed by atoms with van der Waals surface area (Å²) < 4.78 is 4.08. The fraction of sp³-hybridized carbons (Fsp3) is 0.467. The van der Waals surface area contributed by atoms with E-state index in [1.807, 2.05) is 38.3 Å². The molecule has 0 fully saturated rings. The zero-order chi connectivity index (χ0) is 14.2. The van der Waals surface area contributed by atoms with E-state index in [1.165, 1.54) is 0 Å². The predicted octanol–water partition coefficient (Wildman–Crippen LogP) is 2.82. The lowest BCUT2D eigenvalue weighted by atomic mass is 10.1. The van der Waals surface area contributed by atoms with Crippen LogP contribution in [0.1, 0.15) is 40.1 Å². The van der Waals surface area contributed by atoms with Crippen LogP contribution in [0.2, 0.25) is 0 Å². The van der Waals surface area contributed by atoms with Crippen LogP contribution in [0.5, 0.6) is 0 Å². The Labute approximate surface area is 114 Å². The largest absolute Gasteiger partial charge is 0.349 e. The average Bonchev–Trinajstić information content (AvgIpc) is 2.83. The van der Waals surface area contributed by atoms with Crippen molar-refractivity contribution < 1.29 is 4.79 Å². The first-order valence-corrected chi connectivity index (χ1v) is 6.64. The number of aryl methyl sites for hydroxylation is 2. The normalized spacial score (nSPS) is 11.0. The highest BCUT2D eigenvalue weighted by molar-refractivity contribution is 5.97. The number of aromatic nitrogens is 3. The lowest BCUT2D eigenvalue weighted by Crippen LogP contribution is -2.12. The van der Waals surface area contributed by atoms with E-state index in [0.29, 0.717) is 6.54 Å². The molecule has 0 spiro atoms. The van der Waals surface area contributed by atoms with Gasteiger partial charge in [-0.1, -0.05) is 0 Å². The molecule has 0 atom stereocenters. The molecule has 4 heteroatoms. The number of rotatable bonds is 4. The van der Waals surface area contributed by atoms with Crippen LogP contribution in [0.15, 0.2) is 12.4 Å². The van der Waals surface area contributed by atoms with Gasteiger partial charge in [-0.3, -0.25) is 4.79 Å².